The molecule has 0 saturated heterocycles. The number of nitrogens with one attached hydrogen (secondary N) is 1. The maximum Gasteiger partial charge on any atom is 0.307 e. The molecule has 2 aromatic carbocycles. The molecule has 5 heteroatoms. The lowest BCUT2D eigenvalue weighted by atomic mass is 10.0. The van der Waals surface area contributed by atoms with Gasteiger partial charge in [0.25, 0.3) is 0 Å². The zero-order valence-corrected chi connectivity index (χ0v) is 11.3. The van der Waals surface area contributed by atoms with Crippen molar-refractivity contribution in [3.05, 3.63) is 64.4 Å². The van der Waals surface area contributed by atoms with Gasteiger partial charge in [-0.15, -0.1) is 0 Å². The third-order valence-corrected chi connectivity index (χ3v) is 3.09. The first-order valence-corrected chi connectivity index (χ1v) is 6.41. The molecule has 3 nitrogen and oxygen atoms in total. The summed E-state index contributed by atoms with van der Waals surface area (Å²) < 4.78 is 13.6. The average molecular weight is 294 g/mol. The van der Waals surface area contributed by atoms with E-state index < -0.39 is 11.8 Å². The van der Waals surface area contributed by atoms with Crippen LogP contribution in [0.1, 0.15) is 11.1 Å². The Kier molecular flexibility index (Phi) is 4.58. The molecule has 0 fully saturated rings. The maximum atomic E-state index is 13.6. The first-order valence-electron chi connectivity index (χ1n) is 6.04. The topological polar surface area (TPSA) is 49.3 Å². The van der Waals surface area contributed by atoms with E-state index in [1.54, 1.807) is 12.1 Å². The van der Waals surface area contributed by atoms with Gasteiger partial charge < -0.3 is 10.4 Å². The average Bonchev–Trinajstić information content (AvgIpc) is 2.41. The fourth-order valence-electron chi connectivity index (χ4n) is 1.89. The van der Waals surface area contributed by atoms with E-state index in [9.17, 15) is 9.18 Å². The molecule has 0 amide bonds. The van der Waals surface area contributed by atoms with Crippen LogP contribution in [0.25, 0.3) is 0 Å². The monoisotopic (exact) mass is 293 g/mol. The van der Waals surface area contributed by atoms with Gasteiger partial charge in [-0.1, -0.05) is 35.9 Å². The van der Waals surface area contributed by atoms with Gasteiger partial charge in [0.05, 0.1) is 12.1 Å². The Labute approximate surface area is 121 Å². The summed E-state index contributed by atoms with van der Waals surface area (Å²) in [5.41, 5.74) is 1.81. The first-order chi connectivity index (χ1) is 9.56. The van der Waals surface area contributed by atoms with E-state index in [2.05, 4.69) is 5.32 Å². The molecule has 0 bridgehead atoms. The Hall–Kier alpha value is -2.07. The lowest BCUT2D eigenvalue weighted by Crippen LogP contribution is -2.07. The highest BCUT2D eigenvalue weighted by atomic mass is 35.5. The minimum Gasteiger partial charge on any atom is -0.481 e. The van der Waals surface area contributed by atoms with E-state index in [1.165, 1.54) is 18.2 Å². The number of rotatable bonds is 5. The summed E-state index contributed by atoms with van der Waals surface area (Å²) in [5, 5.41) is 12.2. The quantitative estimate of drug-likeness (QED) is 0.883. The molecule has 0 unspecified atom stereocenters. The zero-order chi connectivity index (χ0) is 14.5. The lowest BCUT2D eigenvalue weighted by Gasteiger charge is -2.11. The minimum absolute atomic E-state index is 0.0596. The number of carbonyl (C=O) groups is 1. The van der Waals surface area contributed by atoms with Crippen LogP contribution in [0.4, 0.5) is 10.1 Å². The largest absolute Gasteiger partial charge is 0.481 e. The molecule has 20 heavy (non-hydrogen) atoms. The SMILES string of the molecule is O=C(O)Cc1ccccc1CNc1cc(Cl)ccc1F. The van der Waals surface area contributed by atoms with Crippen LogP contribution < -0.4 is 5.32 Å². The van der Waals surface area contributed by atoms with E-state index >= 15 is 0 Å². The van der Waals surface area contributed by atoms with Gasteiger partial charge in [0.2, 0.25) is 0 Å². The highest BCUT2D eigenvalue weighted by molar-refractivity contribution is 6.30. The van der Waals surface area contributed by atoms with E-state index in [1.807, 2.05) is 12.1 Å². The zero-order valence-electron chi connectivity index (χ0n) is 10.6. The van der Waals surface area contributed by atoms with Crippen LogP contribution in [0.15, 0.2) is 42.5 Å². The first kappa shape index (κ1) is 14.3. The van der Waals surface area contributed by atoms with Crippen LogP contribution >= 0.6 is 11.6 Å². The molecule has 104 valence electrons. The summed E-state index contributed by atoms with van der Waals surface area (Å²) in [6.07, 6.45) is -0.0596. The Balaban J connectivity index is 2.14. The molecule has 0 saturated carbocycles. The van der Waals surface area contributed by atoms with Crippen molar-refractivity contribution in [2.75, 3.05) is 5.32 Å². The van der Waals surface area contributed by atoms with Crippen molar-refractivity contribution in [2.45, 2.75) is 13.0 Å². The van der Waals surface area contributed by atoms with Gasteiger partial charge >= 0.3 is 5.97 Å². The molecule has 0 aromatic heterocycles. The second-order valence-corrected chi connectivity index (χ2v) is 4.75. The molecule has 0 aliphatic carbocycles. The van der Waals surface area contributed by atoms with Crippen molar-refractivity contribution in [3.63, 3.8) is 0 Å². The van der Waals surface area contributed by atoms with Crippen LogP contribution in [-0.4, -0.2) is 11.1 Å². The number of aliphatic carboxylic acids is 1. The molecule has 2 rings (SSSR count). The third-order valence-electron chi connectivity index (χ3n) is 2.86. The van der Waals surface area contributed by atoms with Gasteiger partial charge in [-0.05, 0) is 29.3 Å². The molecule has 2 N–H and O–H groups in total. The summed E-state index contributed by atoms with van der Waals surface area (Å²) in [6.45, 7) is 0.334. The standard InChI is InChI=1S/C15H13ClFNO2/c16-12-5-6-13(17)14(8-12)18-9-11-4-2-1-3-10(11)7-15(19)20/h1-6,8,18H,7,9H2,(H,19,20). The van der Waals surface area contributed by atoms with Gasteiger partial charge in [-0.3, -0.25) is 4.79 Å². The van der Waals surface area contributed by atoms with Crippen molar-refractivity contribution in [3.8, 4) is 0 Å². The number of halogens is 2. The molecule has 0 aliphatic rings. The predicted molar refractivity (Wildman–Crippen MR) is 76.5 cm³/mol. The fourth-order valence-corrected chi connectivity index (χ4v) is 2.06. The van der Waals surface area contributed by atoms with Crippen LogP contribution in [-0.2, 0) is 17.8 Å². The molecule has 0 atom stereocenters. The Bertz CT molecular complexity index is 631. The fraction of sp³-hybridized carbons (Fsp3) is 0.133. The molecule has 0 aliphatic heterocycles. The lowest BCUT2D eigenvalue weighted by molar-refractivity contribution is -0.136. The summed E-state index contributed by atoms with van der Waals surface area (Å²) in [4.78, 5) is 10.8. The normalized spacial score (nSPS) is 10.3. The molecular weight excluding hydrogens is 281 g/mol. The summed E-state index contributed by atoms with van der Waals surface area (Å²) in [5.74, 6) is -1.29. The maximum absolute atomic E-state index is 13.6. The molecule has 2 aromatic rings. The number of carboxylic acids is 1. The Morgan fingerprint density at radius 3 is 2.60 bits per heavy atom. The Morgan fingerprint density at radius 2 is 1.90 bits per heavy atom. The van der Waals surface area contributed by atoms with Gasteiger partial charge in [0, 0.05) is 11.6 Å². The van der Waals surface area contributed by atoms with E-state index in [0.717, 1.165) is 5.56 Å². The van der Waals surface area contributed by atoms with E-state index in [0.29, 0.717) is 22.8 Å². The second kappa shape index (κ2) is 6.39. The summed E-state index contributed by atoms with van der Waals surface area (Å²) >= 11 is 5.81. The van der Waals surface area contributed by atoms with Crippen LogP contribution in [0.3, 0.4) is 0 Å². The third kappa shape index (κ3) is 3.71. The van der Waals surface area contributed by atoms with Crippen LogP contribution in [0.2, 0.25) is 5.02 Å². The van der Waals surface area contributed by atoms with E-state index in [-0.39, 0.29) is 6.42 Å². The van der Waals surface area contributed by atoms with Crippen molar-refractivity contribution < 1.29 is 14.3 Å². The van der Waals surface area contributed by atoms with Crippen molar-refractivity contribution in [1.29, 1.82) is 0 Å². The van der Waals surface area contributed by atoms with Gasteiger partial charge in [0.1, 0.15) is 5.82 Å². The van der Waals surface area contributed by atoms with Crippen molar-refractivity contribution in [1.82, 2.24) is 0 Å². The smallest absolute Gasteiger partial charge is 0.307 e. The Morgan fingerprint density at radius 1 is 1.20 bits per heavy atom. The van der Waals surface area contributed by atoms with Crippen molar-refractivity contribution >= 4 is 23.3 Å². The molecule has 0 heterocycles. The molecule has 0 radical (unpaired) electrons. The summed E-state index contributed by atoms with van der Waals surface area (Å²) in [7, 11) is 0. The predicted octanol–water partition coefficient (Wildman–Crippen LogP) is 3.72. The second-order valence-electron chi connectivity index (χ2n) is 4.32. The molecular formula is C15H13ClFNO2. The van der Waals surface area contributed by atoms with Gasteiger partial charge in [0.15, 0.2) is 0 Å². The highest BCUT2D eigenvalue weighted by Crippen LogP contribution is 2.21. The van der Waals surface area contributed by atoms with Gasteiger partial charge in [-0.2, -0.15) is 0 Å². The summed E-state index contributed by atoms with van der Waals surface area (Å²) in [6, 6.07) is 11.4. The van der Waals surface area contributed by atoms with E-state index in [4.69, 9.17) is 16.7 Å². The van der Waals surface area contributed by atoms with Gasteiger partial charge in [-0.25, -0.2) is 4.39 Å². The number of hydrogen-bond donors (Lipinski definition) is 2. The number of benzene rings is 2. The molecule has 0 spiro atoms. The number of hydrogen-bond acceptors (Lipinski definition) is 2. The number of anilines is 1. The van der Waals surface area contributed by atoms with Crippen molar-refractivity contribution in [2.24, 2.45) is 0 Å². The van der Waals surface area contributed by atoms with Crippen LogP contribution in [0.5, 0.6) is 0 Å². The highest BCUT2D eigenvalue weighted by Gasteiger charge is 2.07. The minimum atomic E-state index is -0.897. The van der Waals surface area contributed by atoms with Crippen LogP contribution in [0, 0.1) is 5.82 Å². The number of carboxylic acid groups (broad SMARTS) is 1.